The predicted molar refractivity (Wildman–Crippen MR) is 164 cm³/mol. The van der Waals surface area contributed by atoms with Crippen molar-refractivity contribution >= 4 is 0 Å². The average Bonchev–Trinajstić information content (AvgIpc) is 3.27. The van der Waals surface area contributed by atoms with Crippen molar-refractivity contribution in [3.8, 4) is 0 Å². The molecule has 0 unspecified atom stereocenters. The van der Waals surface area contributed by atoms with Gasteiger partial charge in [0.15, 0.2) is 0 Å². The van der Waals surface area contributed by atoms with Crippen LogP contribution < -0.4 is 0 Å². The first-order chi connectivity index (χ1) is 18.9. The zero-order valence-electron chi connectivity index (χ0n) is 24.8. The third-order valence-corrected chi connectivity index (χ3v) is 9.53. The molecule has 0 fully saturated rings. The van der Waals surface area contributed by atoms with Crippen molar-refractivity contribution in [3.05, 3.63) is 45.8 Å². The number of hydrogen-bond donors (Lipinski definition) is 0. The van der Waals surface area contributed by atoms with Gasteiger partial charge < -0.3 is 0 Å². The Morgan fingerprint density at radius 3 is 1.05 bits per heavy atom. The Hall–Kier alpha value is -1.44. The van der Waals surface area contributed by atoms with E-state index in [0.29, 0.717) is 0 Å². The molecule has 0 saturated carbocycles. The molecule has 4 aliphatic rings. The molecule has 4 aliphatic carbocycles. The second-order valence-corrected chi connectivity index (χ2v) is 12.7. The lowest BCUT2D eigenvalue weighted by atomic mass is 9.92. The quantitative estimate of drug-likeness (QED) is 0.331. The highest BCUT2D eigenvalue weighted by atomic mass is 15.1. The molecule has 0 N–H and O–H groups in total. The lowest BCUT2D eigenvalue weighted by molar-refractivity contribution is 0.622. The Balaban J connectivity index is 1.69. The van der Waals surface area contributed by atoms with Gasteiger partial charge >= 0.3 is 0 Å². The molecule has 0 aromatic heterocycles. The van der Waals surface area contributed by atoms with Crippen molar-refractivity contribution in [2.75, 3.05) is 0 Å². The van der Waals surface area contributed by atoms with Gasteiger partial charge in [-0.25, -0.2) is 0 Å². The Labute approximate surface area is 235 Å². The van der Waals surface area contributed by atoms with Crippen LogP contribution in [0.4, 0.5) is 0 Å². The molecule has 0 saturated heterocycles. The molecule has 0 aliphatic heterocycles. The molecule has 0 radical (unpaired) electrons. The number of hydrogen-bond acceptors (Lipinski definition) is 2. The van der Waals surface area contributed by atoms with E-state index < -0.39 is 0 Å². The first-order valence-corrected chi connectivity index (χ1v) is 17.2. The highest BCUT2D eigenvalue weighted by molar-refractivity contribution is 5.37. The summed E-state index contributed by atoms with van der Waals surface area (Å²) >= 11 is 0. The van der Waals surface area contributed by atoms with Crippen LogP contribution in [0.1, 0.15) is 180 Å². The Morgan fingerprint density at radius 1 is 0.316 bits per heavy atom. The van der Waals surface area contributed by atoms with Crippen LogP contribution in [0.3, 0.4) is 0 Å². The monoisotopic (exact) mass is 518 g/mol. The molecule has 38 heavy (non-hydrogen) atoms. The van der Waals surface area contributed by atoms with Gasteiger partial charge in [-0.3, -0.25) is 0 Å². The first kappa shape index (κ1) is 29.5. The van der Waals surface area contributed by atoms with Crippen LogP contribution in [0.25, 0.3) is 0 Å². The van der Waals surface area contributed by atoms with Crippen LogP contribution in [-0.2, 0) is 0 Å². The highest BCUT2D eigenvalue weighted by Gasteiger charge is 2.17. The second-order valence-electron chi connectivity index (χ2n) is 12.7. The van der Waals surface area contributed by atoms with Crippen molar-refractivity contribution in [3.63, 3.8) is 0 Å². The van der Waals surface area contributed by atoms with Gasteiger partial charge in [0.2, 0.25) is 0 Å². The fraction of sp³-hybridized carbons (Fsp3) is 0.778. The lowest BCUT2D eigenvalue weighted by Crippen LogP contribution is -1.99. The zero-order chi connectivity index (χ0) is 26.1. The molecule has 0 heterocycles. The van der Waals surface area contributed by atoms with E-state index in [9.17, 15) is 0 Å². The molecule has 4 rings (SSSR count). The predicted octanol–water partition coefficient (Wildman–Crippen LogP) is 12.8. The standard InChI is InChI=1S/C36H58N2/c1-2-8-16-24-31(23-15-7-1)33-27-19-11-5-13-21-29-35(33)37-38-36-30-22-14-6-12-20-28-34(36)32-25-17-9-3-4-10-18-26-32/h23,25H,1-22,24,26-30H2/b31-23+,32-25+,35-33-,36-34-,38-37-. The third-order valence-electron chi connectivity index (χ3n) is 9.53. The number of nitrogens with zero attached hydrogens (tertiary/aromatic N) is 2. The van der Waals surface area contributed by atoms with Crippen LogP contribution in [0.2, 0.25) is 0 Å². The summed E-state index contributed by atoms with van der Waals surface area (Å²) in [6.07, 6.45) is 42.3. The van der Waals surface area contributed by atoms with Crippen LogP contribution in [-0.4, -0.2) is 0 Å². The van der Waals surface area contributed by atoms with Gasteiger partial charge in [0.1, 0.15) is 0 Å². The largest absolute Gasteiger partial charge is 0.155 e. The van der Waals surface area contributed by atoms with Gasteiger partial charge in [0, 0.05) is 0 Å². The summed E-state index contributed by atoms with van der Waals surface area (Å²) in [5, 5.41) is 10.5. The SMILES string of the molecule is C1=C(/C2=C(\N=N/C3=C(\C4=C\CCCCCCC4)CCCCCCC3)CCCCCCC2)CCCCCCC/1. The molecule has 0 aromatic carbocycles. The molecule has 0 bridgehead atoms. The van der Waals surface area contributed by atoms with Gasteiger partial charge in [-0.2, -0.15) is 10.2 Å². The van der Waals surface area contributed by atoms with Crippen molar-refractivity contribution < 1.29 is 0 Å². The summed E-state index contributed by atoms with van der Waals surface area (Å²) < 4.78 is 0. The maximum absolute atomic E-state index is 5.27. The number of rotatable bonds is 4. The summed E-state index contributed by atoms with van der Waals surface area (Å²) in [7, 11) is 0. The first-order valence-electron chi connectivity index (χ1n) is 17.2. The van der Waals surface area contributed by atoms with Gasteiger partial charge in [-0.1, -0.05) is 89.2 Å². The van der Waals surface area contributed by atoms with Crippen LogP contribution in [0.5, 0.6) is 0 Å². The zero-order valence-corrected chi connectivity index (χ0v) is 24.8. The summed E-state index contributed by atoms with van der Waals surface area (Å²) in [5.41, 5.74) is 9.20. The summed E-state index contributed by atoms with van der Waals surface area (Å²) in [5.74, 6) is 0. The second kappa shape index (κ2) is 18.0. The minimum absolute atomic E-state index is 1.13. The Bertz CT molecular complexity index is 783. The van der Waals surface area contributed by atoms with Crippen LogP contribution >= 0.6 is 0 Å². The smallest absolute Gasteiger partial charge is 0.0665 e. The fourth-order valence-electron chi connectivity index (χ4n) is 7.16. The van der Waals surface area contributed by atoms with E-state index in [2.05, 4.69) is 12.2 Å². The van der Waals surface area contributed by atoms with Gasteiger partial charge in [-0.15, -0.1) is 0 Å². The average molecular weight is 519 g/mol. The minimum atomic E-state index is 1.13. The molecule has 212 valence electrons. The van der Waals surface area contributed by atoms with Gasteiger partial charge in [0.05, 0.1) is 11.4 Å². The third kappa shape index (κ3) is 10.3. The van der Waals surface area contributed by atoms with E-state index in [-0.39, 0.29) is 0 Å². The minimum Gasteiger partial charge on any atom is -0.155 e. The normalized spacial score (nSPS) is 31.6. The topological polar surface area (TPSA) is 24.7 Å². The van der Waals surface area contributed by atoms with Crippen molar-refractivity contribution in [1.29, 1.82) is 0 Å². The van der Waals surface area contributed by atoms with E-state index in [1.54, 1.807) is 22.3 Å². The Kier molecular flexibility index (Phi) is 14.0. The van der Waals surface area contributed by atoms with E-state index in [1.165, 1.54) is 178 Å². The van der Waals surface area contributed by atoms with E-state index in [1.807, 2.05) is 0 Å². The lowest BCUT2D eigenvalue weighted by Gasteiger charge is -2.17. The summed E-state index contributed by atoms with van der Waals surface area (Å²) in [6.45, 7) is 0. The van der Waals surface area contributed by atoms with E-state index in [4.69, 9.17) is 10.2 Å². The van der Waals surface area contributed by atoms with E-state index >= 15 is 0 Å². The van der Waals surface area contributed by atoms with Crippen molar-refractivity contribution in [1.82, 2.24) is 0 Å². The molecular formula is C36H58N2. The van der Waals surface area contributed by atoms with Crippen molar-refractivity contribution in [2.24, 2.45) is 10.2 Å². The maximum atomic E-state index is 5.27. The highest BCUT2D eigenvalue weighted by Crippen LogP contribution is 2.36. The molecular weight excluding hydrogens is 460 g/mol. The van der Waals surface area contributed by atoms with Crippen molar-refractivity contribution in [2.45, 2.75) is 180 Å². The molecule has 0 amide bonds. The fourth-order valence-corrected chi connectivity index (χ4v) is 7.16. The number of azo groups is 1. The maximum Gasteiger partial charge on any atom is 0.0665 e. The van der Waals surface area contributed by atoms with Crippen LogP contribution in [0.15, 0.2) is 56.1 Å². The number of allylic oxidation sites excluding steroid dienone is 8. The summed E-state index contributed by atoms with van der Waals surface area (Å²) in [6, 6.07) is 0. The molecule has 2 heteroatoms. The molecule has 2 nitrogen and oxygen atoms in total. The molecule has 0 aromatic rings. The van der Waals surface area contributed by atoms with Gasteiger partial charge in [0.25, 0.3) is 0 Å². The molecule has 0 spiro atoms. The summed E-state index contributed by atoms with van der Waals surface area (Å²) in [4.78, 5) is 0. The Morgan fingerprint density at radius 2 is 0.632 bits per heavy atom. The van der Waals surface area contributed by atoms with Crippen LogP contribution in [0, 0.1) is 0 Å². The van der Waals surface area contributed by atoms with E-state index in [0.717, 1.165) is 12.8 Å². The molecule has 0 atom stereocenters. The van der Waals surface area contributed by atoms with Gasteiger partial charge in [-0.05, 0) is 125 Å².